The van der Waals surface area contributed by atoms with E-state index in [9.17, 15) is 5.11 Å². The van der Waals surface area contributed by atoms with Crippen LogP contribution >= 0.6 is 0 Å². The van der Waals surface area contributed by atoms with E-state index in [-0.39, 0.29) is 12.1 Å². The minimum absolute atomic E-state index is 0.164. The fourth-order valence-corrected chi connectivity index (χ4v) is 1.65. The number of aliphatic hydroxyl groups excluding tert-OH is 1. The maximum Gasteiger partial charge on any atom is 0.182 e. The summed E-state index contributed by atoms with van der Waals surface area (Å²) < 4.78 is 0. The zero-order chi connectivity index (χ0) is 9.26. The minimum atomic E-state index is -0.235. The summed E-state index contributed by atoms with van der Waals surface area (Å²) in [5.74, 6) is 0. The molecule has 1 aliphatic carbocycles. The molecule has 2 rings (SSSR count). The summed E-state index contributed by atoms with van der Waals surface area (Å²) in [4.78, 5) is 1.54. The molecule has 1 aromatic rings. The molecular weight excluding hydrogens is 168 g/mol. The number of hydrogen-bond donors (Lipinski definition) is 1. The van der Waals surface area contributed by atoms with Crippen molar-refractivity contribution >= 4 is 0 Å². The quantitative estimate of drug-likeness (QED) is 0.668. The molecule has 1 aromatic heterocycles. The molecule has 0 bridgehead atoms. The summed E-state index contributed by atoms with van der Waals surface area (Å²) in [7, 11) is 0. The van der Waals surface area contributed by atoms with Gasteiger partial charge in [0.15, 0.2) is 5.69 Å². The van der Waals surface area contributed by atoms with Crippen LogP contribution in [-0.2, 0) is 0 Å². The maximum absolute atomic E-state index is 9.29. The van der Waals surface area contributed by atoms with Crippen LogP contribution in [0.4, 0.5) is 0 Å². The first-order valence-corrected chi connectivity index (χ1v) is 4.29. The van der Waals surface area contributed by atoms with Gasteiger partial charge in [-0.05, 0) is 19.3 Å². The Labute approximate surface area is 75.6 Å². The Kier molecular flexibility index (Phi) is 1.99. The third kappa shape index (κ3) is 1.53. The first kappa shape index (κ1) is 8.20. The second-order valence-electron chi connectivity index (χ2n) is 3.28. The SMILES string of the molecule is N#Cc1cnn(C2CCC(O)C2)n1. The van der Waals surface area contributed by atoms with Crippen LogP contribution in [0.1, 0.15) is 31.0 Å². The molecule has 2 unspecified atom stereocenters. The Morgan fingerprint density at radius 3 is 3.00 bits per heavy atom. The van der Waals surface area contributed by atoms with Crippen LogP contribution in [-0.4, -0.2) is 26.2 Å². The van der Waals surface area contributed by atoms with Crippen molar-refractivity contribution in [3.63, 3.8) is 0 Å². The van der Waals surface area contributed by atoms with Crippen LogP contribution in [0.3, 0.4) is 0 Å². The smallest absolute Gasteiger partial charge is 0.182 e. The number of hydrogen-bond acceptors (Lipinski definition) is 4. The van der Waals surface area contributed by atoms with Crippen molar-refractivity contribution < 1.29 is 5.11 Å². The van der Waals surface area contributed by atoms with Gasteiger partial charge in [-0.3, -0.25) is 0 Å². The van der Waals surface area contributed by atoms with Crippen molar-refractivity contribution in [2.45, 2.75) is 31.4 Å². The molecule has 1 fully saturated rings. The molecule has 1 saturated carbocycles. The molecule has 0 saturated heterocycles. The van der Waals surface area contributed by atoms with E-state index in [1.54, 1.807) is 0 Å². The van der Waals surface area contributed by atoms with Crippen LogP contribution in [0.25, 0.3) is 0 Å². The third-order valence-electron chi connectivity index (χ3n) is 2.33. The fraction of sp³-hybridized carbons (Fsp3) is 0.625. The Morgan fingerprint density at radius 1 is 1.62 bits per heavy atom. The van der Waals surface area contributed by atoms with Crippen molar-refractivity contribution in [2.24, 2.45) is 0 Å². The molecule has 1 heterocycles. The zero-order valence-corrected chi connectivity index (χ0v) is 7.09. The molecular formula is C8H10N4O. The van der Waals surface area contributed by atoms with Gasteiger partial charge < -0.3 is 5.11 Å². The Bertz CT molecular complexity index is 340. The highest BCUT2D eigenvalue weighted by atomic mass is 16.3. The molecule has 0 radical (unpaired) electrons. The largest absolute Gasteiger partial charge is 0.393 e. The standard InChI is InChI=1S/C8H10N4O/c9-4-6-5-10-12(11-6)7-1-2-8(13)3-7/h5,7-8,13H,1-3H2. The lowest BCUT2D eigenvalue weighted by Gasteiger charge is -2.06. The summed E-state index contributed by atoms with van der Waals surface area (Å²) >= 11 is 0. The summed E-state index contributed by atoms with van der Waals surface area (Å²) in [6.45, 7) is 0. The second-order valence-corrected chi connectivity index (χ2v) is 3.28. The lowest BCUT2D eigenvalue weighted by molar-refractivity contribution is 0.175. The van der Waals surface area contributed by atoms with E-state index in [2.05, 4.69) is 10.2 Å². The number of nitriles is 1. The van der Waals surface area contributed by atoms with E-state index >= 15 is 0 Å². The normalized spacial score (nSPS) is 27.4. The molecule has 0 amide bonds. The zero-order valence-electron chi connectivity index (χ0n) is 7.09. The summed E-state index contributed by atoms with van der Waals surface area (Å²) in [6.07, 6.45) is 3.60. The minimum Gasteiger partial charge on any atom is -0.393 e. The van der Waals surface area contributed by atoms with Crippen LogP contribution in [0.15, 0.2) is 6.20 Å². The number of rotatable bonds is 1. The maximum atomic E-state index is 9.29. The molecule has 0 aromatic carbocycles. The van der Waals surface area contributed by atoms with E-state index in [4.69, 9.17) is 5.26 Å². The van der Waals surface area contributed by atoms with E-state index in [0.29, 0.717) is 12.1 Å². The van der Waals surface area contributed by atoms with E-state index in [0.717, 1.165) is 12.8 Å². The molecule has 1 N–H and O–H groups in total. The molecule has 0 spiro atoms. The van der Waals surface area contributed by atoms with Gasteiger partial charge in [-0.2, -0.15) is 15.2 Å². The van der Waals surface area contributed by atoms with Gasteiger partial charge >= 0.3 is 0 Å². The van der Waals surface area contributed by atoms with Gasteiger partial charge in [-0.15, -0.1) is 5.10 Å². The highest BCUT2D eigenvalue weighted by Gasteiger charge is 2.25. The molecule has 13 heavy (non-hydrogen) atoms. The number of nitrogens with zero attached hydrogens (tertiary/aromatic N) is 4. The molecule has 2 atom stereocenters. The first-order valence-electron chi connectivity index (χ1n) is 4.29. The molecule has 5 heteroatoms. The van der Waals surface area contributed by atoms with Crippen molar-refractivity contribution in [1.82, 2.24) is 15.0 Å². The molecule has 68 valence electrons. The third-order valence-corrected chi connectivity index (χ3v) is 2.33. The van der Waals surface area contributed by atoms with Crippen molar-refractivity contribution in [3.8, 4) is 6.07 Å². The van der Waals surface area contributed by atoms with Gasteiger partial charge in [0.25, 0.3) is 0 Å². The van der Waals surface area contributed by atoms with Gasteiger partial charge in [0.05, 0.1) is 18.3 Å². The van der Waals surface area contributed by atoms with Crippen LogP contribution in [0.5, 0.6) is 0 Å². The number of aliphatic hydroxyl groups is 1. The first-order chi connectivity index (χ1) is 6.29. The van der Waals surface area contributed by atoms with Crippen molar-refractivity contribution in [1.29, 1.82) is 5.26 Å². The predicted molar refractivity (Wildman–Crippen MR) is 43.6 cm³/mol. The average molecular weight is 178 g/mol. The monoisotopic (exact) mass is 178 g/mol. The van der Waals surface area contributed by atoms with Gasteiger partial charge in [0.1, 0.15) is 6.07 Å². The molecule has 1 aliphatic rings. The fourth-order valence-electron chi connectivity index (χ4n) is 1.65. The van der Waals surface area contributed by atoms with Gasteiger partial charge in [-0.1, -0.05) is 0 Å². The lowest BCUT2D eigenvalue weighted by Crippen LogP contribution is -2.10. The van der Waals surface area contributed by atoms with E-state index < -0.39 is 0 Å². The van der Waals surface area contributed by atoms with Crippen molar-refractivity contribution in [2.75, 3.05) is 0 Å². The Balaban J connectivity index is 2.13. The highest BCUT2D eigenvalue weighted by molar-refractivity contribution is 5.12. The van der Waals surface area contributed by atoms with E-state index in [1.165, 1.54) is 11.0 Å². The Hall–Kier alpha value is -1.41. The van der Waals surface area contributed by atoms with Gasteiger partial charge in [-0.25, -0.2) is 0 Å². The summed E-state index contributed by atoms with van der Waals surface area (Å²) in [6, 6.07) is 2.09. The van der Waals surface area contributed by atoms with Gasteiger partial charge in [0.2, 0.25) is 0 Å². The summed E-state index contributed by atoms with van der Waals surface area (Å²) in [5.41, 5.74) is 0.335. The highest BCUT2D eigenvalue weighted by Crippen LogP contribution is 2.28. The Morgan fingerprint density at radius 2 is 2.46 bits per heavy atom. The van der Waals surface area contributed by atoms with Crippen LogP contribution in [0, 0.1) is 11.3 Å². The molecule has 0 aliphatic heterocycles. The summed E-state index contributed by atoms with van der Waals surface area (Å²) in [5, 5.41) is 25.8. The topological polar surface area (TPSA) is 74.7 Å². The van der Waals surface area contributed by atoms with Crippen molar-refractivity contribution in [3.05, 3.63) is 11.9 Å². The van der Waals surface area contributed by atoms with Crippen LogP contribution < -0.4 is 0 Å². The molecule has 5 nitrogen and oxygen atoms in total. The second kappa shape index (κ2) is 3.15. The van der Waals surface area contributed by atoms with E-state index in [1.807, 2.05) is 6.07 Å². The average Bonchev–Trinajstić information content (AvgIpc) is 2.71. The predicted octanol–water partition coefficient (Wildman–Crippen LogP) is 0.236. The lowest BCUT2D eigenvalue weighted by atomic mass is 10.3. The number of aromatic nitrogens is 3. The van der Waals surface area contributed by atoms with Gasteiger partial charge in [0, 0.05) is 0 Å². The van der Waals surface area contributed by atoms with Crippen LogP contribution in [0.2, 0.25) is 0 Å².